The van der Waals surface area contributed by atoms with Gasteiger partial charge in [-0.3, -0.25) is 4.79 Å². The van der Waals surface area contributed by atoms with Gasteiger partial charge in [-0.15, -0.1) is 0 Å². The second-order valence-electron chi connectivity index (χ2n) is 6.42. The molecule has 2 N–H and O–H groups in total. The SMILES string of the molecule is CN(C)C(=O)CN=C(NC[C@H]1CCCN1S(C)(=O)=O)NC1CC1. The number of carbonyl (C=O) groups is 1. The van der Waals surface area contributed by atoms with Crippen LogP contribution in [-0.4, -0.2) is 81.6 Å². The van der Waals surface area contributed by atoms with Crippen LogP contribution in [0.1, 0.15) is 25.7 Å². The number of carbonyl (C=O) groups excluding carboxylic acids is 1. The summed E-state index contributed by atoms with van der Waals surface area (Å²) in [6.07, 6.45) is 5.16. The lowest BCUT2D eigenvalue weighted by Gasteiger charge is -2.23. The van der Waals surface area contributed by atoms with Crippen LogP contribution in [0.25, 0.3) is 0 Å². The highest BCUT2D eigenvalue weighted by atomic mass is 32.2. The fourth-order valence-corrected chi connectivity index (χ4v) is 3.71. The van der Waals surface area contributed by atoms with E-state index in [4.69, 9.17) is 0 Å². The van der Waals surface area contributed by atoms with E-state index in [1.54, 1.807) is 18.4 Å². The number of hydrogen-bond acceptors (Lipinski definition) is 4. The van der Waals surface area contributed by atoms with Crippen LogP contribution in [0, 0.1) is 0 Å². The molecule has 1 saturated heterocycles. The lowest BCUT2D eigenvalue weighted by Crippen LogP contribution is -2.47. The number of nitrogens with one attached hydrogen (secondary N) is 2. The van der Waals surface area contributed by atoms with Crippen LogP contribution in [-0.2, 0) is 14.8 Å². The molecular weight excluding hydrogens is 318 g/mol. The minimum absolute atomic E-state index is 0.0549. The average molecular weight is 345 g/mol. The van der Waals surface area contributed by atoms with Crippen LogP contribution in [0.4, 0.5) is 0 Å². The van der Waals surface area contributed by atoms with Crippen molar-refractivity contribution in [2.75, 3.05) is 40.0 Å². The molecule has 0 aromatic rings. The van der Waals surface area contributed by atoms with Gasteiger partial charge in [0.2, 0.25) is 15.9 Å². The van der Waals surface area contributed by atoms with Gasteiger partial charge in [0.15, 0.2) is 5.96 Å². The fraction of sp³-hybridized carbons (Fsp3) is 0.857. The van der Waals surface area contributed by atoms with E-state index >= 15 is 0 Å². The Bertz CT molecular complexity index is 557. The predicted molar refractivity (Wildman–Crippen MR) is 89.7 cm³/mol. The van der Waals surface area contributed by atoms with Crippen molar-refractivity contribution in [3.8, 4) is 0 Å². The van der Waals surface area contributed by atoms with Gasteiger partial charge < -0.3 is 15.5 Å². The highest BCUT2D eigenvalue weighted by Gasteiger charge is 2.31. The standard InChI is InChI=1S/C14H27N5O3S/c1-18(2)13(20)10-16-14(17-11-6-7-11)15-9-12-5-4-8-19(12)23(3,21)22/h11-12H,4-10H2,1-3H3,(H2,15,16,17)/t12-/m1/s1. The molecular formula is C14H27N5O3S. The van der Waals surface area contributed by atoms with E-state index in [0.717, 1.165) is 25.7 Å². The summed E-state index contributed by atoms with van der Waals surface area (Å²) in [5.41, 5.74) is 0. The van der Waals surface area contributed by atoms with Gasteiger partial charge >= 0.3 is 0 Å². The van der Waals surface area contributed by atoms with Gasteiger partial charge in [-0.1, -0.05) is 0 Å². The van der Waals surface area contributed by atoms with Crippen molar-refractivity contribution >= 4 is 21.9 Å². The number of amides is 1. The molecule has 1 heterocycles. The van der Waals surface area contributed by atoms with E-state index in [0.29, 0.717) is 25.1 Å². The lowest BCUT2D eigenvalue weighted by atomic mass is 10.2. The Kier molecular flexibility index (Phi) is 5.85. The molecule has 8 nitrogen and oxygen atoms in total. The van der Waals surface area contributed by atoms with Crippen molar-refractivity contribution in [1.29, 1.82) is 0 Å². The van der Waals surface area contributed by atoms with E-state index in [-0.39, 0.29) is 18.5 Å². The molecule has 1 saturated carbocycles. The third kappa shape index (κ3) is 5.65. The maximum absolute atomic E-state index is 11.8. The lowest BCUT2D eigenvalue weighted by molar-refractivity contribution is -0.127. The van der Waals surface area contributed by atoms with Crippen LogP contribution in [0.15, 0.2) is 4.99 Å². The summed E-state index contributed by atoms with van der Waals surface area (Å²) < 4.78 is 25.1. The molecule has 2 aliphatic rings. The van der Waals surface area contributed by atoms with E-state index in [1.807, 2.05) is 0 Å². The molecule has 0 aromatic heterocycles. The Hall–Kier alpha value is -1.35. The first-order valence-electron chi connectivity index (χ1n) is 7.99. The molecule has 1 amide bonds. The first-order valence-corrected chi connectivity index (χ1v) is 9.84. The molecule has 1 aliphatic heterocycles. The molecule has 9 heteroatoms. The van der Waals surface area contributed by atoms with Crippen LogP contribution in [0.2, 0.25) is 0 Å². The molecule has 1 atom stereocenters. The molecule has 1 aliphatic carbocycles. The van der Waals surface area contributed by atoms with Gasteiger partial charge in [-0.05, 0) is 25.7 Å². The second kappa shape index (κ2) is 7.48. The number of guanidine groups is 1. The van der Waals surface area contributed by atoms with Gasteiger partial charge in [0.1, 0.15) is 6.54 Å². The van der Waals surface area contributed by atoms with Gasteiger partial charge in [-0.2, -0.15) is 4.31 Å². The van der Waals surface area contributed by atoms with Crippen LogP contribution >= 0.6 is 0 Å². The van der Waals surface area contributed by atoms with Crippen molar-refractivity contribution in [1.82, 2.24) is 19.8 Å². The third-order valence-corrected chi connectivity index (χ3v) is 5.38. The number of rotatable bonds is 6. The maximum Gasteiger partial charge on any atom is 0.243 e. The summed E-state index contributed by atoms with van der Waals surface area (Å²) in [5.74, 6) is 0.517. The molecule has 0 radical (unpaired) electrons. The van der Waals surface area contributed by atoms with Crippen molar-refractivity contribution in [2.45, 2.75) is 37.8 Å². The highest BCUT2D eigenvalue weighted by molar-refractivity contribution is 7.88. The summed E-state index contributed by atoms with van der Waals surface area (Å²) in [5, 5.41) is 6.45. The van der Waals surface area contributed by atoms with Crippen molar-refractivity contribution in [2.24, 2.45) is 4.99 Å². The Balaban J connectivity index is 1.92. The molecule has 0 unspecified atom stereocenters. The summed E-state index contributed by atoms with van der Waals surface area (Å²) in [7, 11) is 0.217. The fourth-order valence-electron chi connectivity index (χ4n) is 2.53. The first kappa shape index (κ1) is 18.0. The molecule has 2 rings (SSSR count). The minimum atomic E-state index is -3.18. The molecule has 0 aromatic carbocycles. The molecule has 0 spiro atoms. The Labute approximate surface area is 138 Å². The highest BCUT2D eigenvalue weighted by Crippen LogP contribution is 2.20. The predicted octanol–water partition coefficient (Wildman–Crippen LogP) is -0.804. The zero-order valence-electron chi connectivity index (χ0n) is 14.1. The average Bonchev–Trinajstić information content (AvgIpc) is 3.13. The number of nitrogens with zero attached hydrogens (tertiary/aromatic N) is 3. The monoisotopic (exact) mass is 345 g/mol. The van der Waals surface area contributed by atoms with Gasteiger partial charge in [0, 0.05) is 39.3 Å². The molecule has 2 fully saturated rings. The zero-order valence-corrected chi connectivity index (χ0v) is 14.9. The third-order valence-electron chi connectivity index (χ3n) is 4.04. The van der Waals surface area contributed by atoms with Crippen LogP contribution in [0.5, 0.6) is 0 Å². The summed E-state index contributed by atoms with van der Waals surface area (Å²) in [6, 6.07) is 0.353. The number of sulfonamides is 1. The van der Waals surface area contributed by atoms with Crippen LogP contribution < -0.4 is 10.6 Å². The second-order valence-corrected chi connectivity index (χ2v) is 8.36. The van der Waals surface area contributed by atoms with Crippen molar-refractivity contribution < 1.29 is 13.2 Å². The Morgan fingerprint density at radius 3 is 2.57 bits per heavy atom. The molecule has 23 heavy (non-hydrogen) atoms. The Morgan fingerprint density at radius 2 is 2.00 bits per heavy atom. The summed E-state index contributed by atoms with van der Waals surface area (Å²) in [4.78, 5) is 17.5. The Morgan fingerprint density at radius 1 is 1.30 bits per heavy atom. The van der Waals surface area contributed by atoms with Gasteiger partial charge in [0.05, 0.1) is 6.26 Å². The zero-order chi connectivity index (χ0) is 17.0. The summed E-state index contributed by atoms with van der Waals surface area (Å²) >= 11 is 0. The van der Waals surface area contributed by atoms with Gasteiger partial charge in [0.25, 0.3) is 0 Å². The van der Waals surface area contributed by atoms with Crippen molar-refractivity contribution in [3.05, 3.63) is 0 Å². The minimum Gasteiger partial charge on any atom is -0.355 e. The molecule has 132 valence electrons. The quantitative estimate of drug-likeness (QED) is 0.485. The van der Waals surface area contributed by atoms with E-state index in [1.165, 1.54) is 11.2 Å². The van der Waals surface area contributed by atoms with Crippen LogP contribution in [0.3, 0.4) is 0 Å². The van der Waals surface area contributed by atoms with Gasteiger partial charge in [-0.25, -0.2) is 13.4 Å². The number of hydrogen-bond donors (Lipinski definition) is 2. The summed E-state index contributed by atoms with van der Waals surface area (Å²) in [6.45, 7) is 1.16. The number of aliphatic imine (C=N–C) groups is 1. The van der Waals surface area contributed by atoms with E-state index < -0.39 is 10.0 Å². The van der Waals surface area contributed by atoms with E-state index in [2.05, 4.69) is 15.6 Å². The van der Waals surface area contributed by atoms with Crippen molar-refractivity contribution in [3.63, 3.8) is 0 Å². The smallest absolute Gasteiger partial charge is 0.243 e. The largest absolute Gasteiger partial charge is 0.355 e. The number of likely N-dealkylation sites (N-methyl/N-ethyl adjacent to an activating group) is 1. The maximum atomic E-state index is 11.8. The molecule has 0 bridgehead atoms. The van der Waals surface area contributed by atoms with E-state index in [9.17, 15) is 13.2 Å². The first-order chi connectivity index (χ1) is 10.8. The topological polar surface area (TPSA) is 94.1 Å². The normalized spacial score (nSPS) is 22.9.